The molecule has 0 aromatic carbocycles. The van der Waals surface area contributed by atoms with E-state index >= 15 is 0 Å². The predicted molar refractivity (Wildman–Crippen MR) is 110 cm³/mol. The van der Waals surface area contributed by atoms with Crippen LogP contribution in [-0.2, 0) is 16.1 Å². The number of carbonyl (C=O) groups is 1. The Labute approximate surface area is 174 Å². The predicted octanol–water partition coefficient (Wildman–Crippen LogP) is 4.43. The fraction of sp³-hybridized carbons (Fsp3) is 0.864. The van der Waals surface area contributed by atoms with Crippen molar-refractivity contribution in [2.45, 2.75) is 108 Å². The number of carboxylic acids is 1. The van der Waals surface area contributed by atoms with E-state index in [1.807, 2.05) is 0 Å². The van der Waals surface area contributed by atoms with Gasteiger partial charge in [0.2, 0.25) is 5.89 Å². The van der Waals surface area contributed by atoms with Crippen molar-refractivity contribution in [1.29, 1.82) is 0 Å². The van der Waals surface area contributed by atoms with Crippen LogP contribution in [0.4, 0.5) is 0 Å². The largest absolute Gasteiger partial charge is 0.481 e. The number of rotatable bonds is 11. The second kappa shape index (κ2) is 11.6. The van der Waals surface area contributed by atoms with Gasteiger partial charge in [0.05, 0.1) is 19.1 Å². The zero-order valence-electron chi connectivity index (χ0n) is 17.8. The lowest BCUT2D eigenvalue weighted by molar-refractivity contribution is -0.137. The molecule has 29 heavy (non-hydrogen) atoms. The van der Waals surface area contributed by atoms with Crippen LogP contribution in [0, 0.1) is 5.92 Å². The number of carboxylic acid groups (broad SMARTS) is 1. The van der Waals surface area contributed by atoms with Gasteiger partial charge in [0, 0.05) is 19.1 Å². The lowest BCUT2D eigenvalue weighted by Gasteiger charge is -2.27. The molecule has 2 N–H and O–H groups in total. The number of nitrogens with zero attached hydrogens (tertiary/aromatic N) is 2. The molecule has 7 nitrogen and oxygen atoms in total. The monoisotopic (exact) mass is 407 g/mol. The molecule has 2 aliphatic rings. The van der Waals surface area contributed by atoms with Gasteiger partial charge in [0.15, 0.2) is 5.82 Å². The van der Waals surface area contributed by atoms with Gasteiger partial charge < -0.3 is 19.7 Å². The van der Waals surface area contributed by atoms with E-state index in [2.05, 4.69) is 15.5 Å². The fourth-order valence-corrected chi connectivity index (χ4v) is 4.90. The first-order chi connectivity index (χ1) is 14.1. The Kier molecular flexibility index (Phi) is 8.92. The second-order valence-corrected chi connectivity index (χ2v) is 8.87. The van der Waals surface area contributed by atoms with Gasteiger partial charge in [-0.1, -0.05) is 50.1 Å². The van der Waals surface area contributed by atoms with Gasteiger partial charge in [-0.3, -0.25) is 4.79 Å². The Morgan fingerprint density at radius 3 is 2.66 bits per heavy atom. The summed E-state index contributed by atoms with van der Waals surface area (Å²) in [6.07, 6.45) is 14.5. The smallest absolute Gasteiger partial charge is 0.304 e. The minimum absolute atomic E-state index is 0.0563. The molecular weight excluding hydrogens is 370 g/mol. The third-order valence-corrected chi connectivity index (χ3v) is 6.70. The van der Waals surface area contributed by atoms with Crippen LogP contribution in [0.5, 0.6) is 0 Å². The highest BCUT2D eigenvalue weighted by Gasteiger charge is 2.24. The highest BCUT2D eigenvalue weighted by atomic mass is 16.5. The molecular formula is C22H37N3O4. The highest BCUT2D eigenvalue weighted by Crippen LogP contribution is 2.31. The maximum absolute atomic E-state index is 11.3. The van der Waals surface area contributed by atoms with Crippen molar-refractivity contribution < 1.29 is 19.2 Å². The molecule has 0 bridgehead atoms. The first kappa shape index (κ1) is 22.2. The molecule has 1 heterocycles. The average molecular weight is 408 g/mol. The molecule has 1 aromatic rings. The van der Waals surface area contributed by atoms with E-state index in [9.17, 15) is 9.90 Å². The molecule has 0 spiro atoms. The molecule has 7 heteroatoms. The second-order valence-electron chi connectivity index (χ2n) is 8.87. The van der Waals surface area contributed by atoms with Crippen LogP contribution in [0.1, 0.15) is 101 Å². The Balaban J connectivity index is 1.45. The van der Waals surface area contributed by atoms with Gasteiger partial charge in [-0.2, -0.15) is 4.98 Å². The van der Waals surface area contributed by atoms with E-state index in [1.54, 1.807) is 7.11 Å². The number of aliphatic carboxylic acids is 1. The quantitative estimate of drug-likeness (QED) is 0.560. The van der Waals surface area contributed by atoms with Crippen LogP contribution in [0.3, 0.4) is 0 Å². The standard InChI is InChI=1S/C22H37N3O4/c1-28-19-12-10-18(11-13-19)23-15-20-24-22(29-25-20)17(14-21(26)27)9-5-8-16-6-3-2-4-7-16/h16-19,23H,2-15H2,1H3,(H,26,27)/t17-,18?,19?/m1/s1. The van der Waals surface area contributed by atoms with Crippen LogP contribution in [0.15, 0.2) is 4.52 Å². The van der Waals surface area contributed by atoms with Crippen molar-refractivity contribution in [1.82, 2.24) is 15.5 Å². The summed E-state index contributed by atoms with van der Waals surface area (Å²) in [4.78, 5) is 15.8. The third-order valence-electron chi connectivity index (χ3n) is 6.70. The summed E-state index contributed by atoms with van der Waals surface area (Å²) in [5, 5.41) is 16.9. The summed E-state index contributed by atoms with van der Waals surface area (Å²) >= 11 is 0. The lowest BCUT2D eigenvalue weighted by Crippen LogP contribution is -2.34. The zero-order valence-corrected chi connectivity index (χ0v) is 17.8. The van der Waals surface area contributed by atoms with E-state index in [0.717, 1.165) is 44.4 Å². The molecule has 0 aliphatic heterocycles. The SMILES string of the molecule is COC1CCC(NCc2noc([C@H](CCCC3CCCCC3)CC(=O)O)n2)CC1. The summed E-state index contributed by atoms with van der Waals surface area (Å²) in [5.41, 5.74) is 0. The van der Waals surface area contributed by atoms with Crippen LogP contribution >= 0.6 is 0 Å². The zero-order chi connectivity index (χ0) is 20.5. The Hall–Kier alpha value is -1.47. The molecule has 0 amide bonds. The lowest BCUT2D eigenvalue weighted by atomic mass is 9.84. The summed E-state index contributed by atoms with van der Waals surface area (Å²) < 4.78 is 10.9. The molecule has 0 unspecified atom stereocenters. The Morgan fingerprint density at radius 1 is 1.21 bits per heavy atom. The number of methoxy groups -OCH3 is 1. The van der Waals surface area contributed by atoms with Crippen molar-refractivity contribution in [3.8, 4) is 0 Å². The first-order valence-electron chi connectivity index (χ1n) is 11.4. The summed E-state index contributed by atoms with van der Waals surface area (Å²) in [6, 6.07) is 0.452. The summed E-state index contributed by atoms with van der Waals surface area (Å²) in [7, 11) is 1.78. The van der Waals surface area contributed by atoms with E-state index < -0.39 is 5.97 Å². The number of hydrogen-bond donors (Lipinski definition) is 2. The van der Waals surface area contributed by atoms with Crippen LogP contribution in [0.2, 0.25) is 0 Å². The minimum atomic E-state index is -0.805. The molecule has 1 aromatic heterocycles. The van der Waals surface area contributed by atoms with Gasteiger partial charge in [-0.25, -0.2) is 0 Å². The molecule has 164 valence electrons. The van der Waals surface area contributed by atoms with E-state index in [1.165, 1.54) is 38.5 Å². The normalized spacial score (nSPS) is 24.4. The highest BCUT2D eigenvalue weighted by molar-refractivity contribution is 5.67. The topological polar surface area (TPSA) is 97.5 Å². The van der Waals surface area contributed by atoms with Crippen LogP contribution < -0.4 is 5.32 Å². The number of aromatic nitrogens is 2. The van der Waals surface area contributed by atoms with E-state index in [4.69, 9.17) is 9.26 Å². The van der Waals surface area contributed by atoms with E-state index in [0.29, 0.717) is 30.4 Å². The number of ether oxygens (including phenoxy) is 1. The van der Waals surface area contributed by atoms with Crippen LogP contribution in [-0.4, -0.2) is 40.5 Å². The first-order valence-corrected chi connectivity index (χ1v) is 11.4. The molecule has 0 saturated heterocycles. The molecule has 1 atom stereocenters. The van der Waals surface area contributed by atoms with Crippen LogP contribution in [0.25, 0.3) is 0 Å². The molecule has 2 aliphatic carbocycles. The molecule has 2 saturated carbocycles. The molecule has 2 fully saturated rings. The molecule has 3 rings (SSSR count). The summed E-state index contributed by atoms with van der Waals surface area (Å²) in [5.74, 6) is 0.923. The third kappa shape index (κ3) is 7.37. The van der Waals surface area contributed by atoms with Crippen molar-refractivity contribution >= 4 is 5.97 Å². The maximum Gasteiger partial charge on any atom is 0.304 e. The van der Waals surface area contributed by atoms with Gasteiger partial charge >= 0.3 is 5.97 Å². The minimum Gasteiger partial charge on any atom is -0.481 e. The Morgan fingerprint density at radius 2 is 1.97 bits per heavy atom. The van der Waals surface area contributed by atoms with Gasteiger partial charge in [0.1, 0.15) is 0 Å². The van der Waals surface area contributed by atoms with Crippen molar-refractivity contribution in [2.75, 3.05) is 7.11 Å². The van der Waals surface area contributed by atoms with Gasteiger partial charge in [-0.15, -0.1) is 0 Å². The number of nitrogens with one attached hydrogen (secondary N) is 1. The number of hydrogen-bond acceptors (Lipinski definition) is 6. The van der Waals surface area contributed by atoms with Crippen molar-refractivity contribution in [3.63, 3.8) is 0 Å². The maximum atomic E-state index is 11.3. The van der Waals surface area contributed by atoms with Gasteiger partial charge in [-0.05, 0) is 38.0 Å². The van der Waals surface area contributed by atoms with Crippen molar-refractivity contribution in [2.24, 2.45) is 5.92 Å². The average Bonchev–Trinajstić information content (AvgIpc) is 3.21. The molecule has 0 radical (unpaired) electrons. The van der Waals surface area contributed by atoms with Gasteiger partial charge in [0.25, 0.3) is 0 Å². The fourth-order valence-electron chi connectivity index (χ4n) is 4.90. The summed E-state index contributed by atoms with van der Waals surface area (Å²) in [6.45, 7) is 0.563. The van der Waals surface area contributed by atoms with Crippen molar-refractivity contribution in [3.05, 3.63) is 11.7 Å². The Bertz CT molecular complexity index is 607. The van der Waals surface area contributed by atoms with E-state index in [-0.39, 0.29) is 12.3 Å².